The van der Waals surface area contributed by atoms with Crippen molar-refractivity contribution in [1.82, 2.24) is 0 Å². The first kappa shape index (κ1) is 7.22. The fourth-order valence-corrected chi connectivity index (χ4v) is 0.918. The molecule has 0 radical (unpaired) electrons. The van der Waals surface area contributed by atoms with E-state index in [1.165, 1.54) is 0 Å². The third kappa shape index (κ3) is 0.749. The van der Waals surface area contributed by atoms with Gasteiger partial charge in [0.1, 0.15) is 5.03 Å². The zero-order chi connectivity index (χ0) is 7.23. The predicted octanol–water partition coefficient (Wildman–Crippen LogP) is 2.66. The van der Waals surface area contributed by atoms with Crippen molar-refractivity contribution in [2.75, 3.05) is 0 Å². The summed E-state index contributed by atoms with van der Waals surface area (Å²) in [6, 6.07) is 0. The molecule has 1 aliphatic rings. The topological polar surface area (TPSA) is 0 Å². The van der Waals surface area contributed by atoms with Crippen LogP contribution in [0.5, 0.6) is 0 Å². The van der Waals surface area contributed by atoms with Gasteiger partial charge in [-0.2, -0.15) is 8.78 Å². The average Bonchev–Trinajstić information content (AvgIpc) is 1.84. The number of hydrogen-bond acceptors (Lipinski definition) is 0. The molecule has 0 aromatic rings. The van der Waals surface area contributed by atoms with Crippen LogP contribution in [0.25, 0.3) is 0 Å². The Hall–Kier alpha value is 0.110. The van der Waals surface area contributed by atoms with Crippen molar-refractivity contribution < 1.29 is 13.2 Å². The van der Waals surface area contributed by atoms with Crippen molar-refractivity contribution in [2.45, 2.75) is 12.1 Å². The Morgan fingerprint density at radius 3 is 1.89 bits per heavy atom. The van der Waals surface area contributed by atoms with Crippen LogP contribution in [-0.2, 0) is 0 Å². The van der Waals surface area contributed by atoms with E-state index in [1.54, 1.807) is 0 Å². The zero-order valence-corrected chi connectivity index (χ0v) is 5.48. The van der Waals surface area contributed by atoms with E-state index in [0.29, 0.717) is 0 Å². The van der Waals surface area contributed by atoms with Gasteiger partial charge in [0.2, 0.25) is 6.17 Å². The summed E-state index contributed by atoms with van der Waals surface area (Å²) in [7, 11) is 0. The Morgan fingerprint density at radius 2 is 1.78 bits per heavy atom. The minimum absolute atomic E-state index is 0.582. The van der Waals surface area contributed by atoms with Gasteiger partial charge >= 0.3 is 5.92 Å². The lowest BCUT2D eigenvalue weighted by Crippen LogP contribution is -2.40. The molecule has 0 amide bonds. The molecule has 1 unspecified atom stereocenters. The summed E-state index contributed by atoms with van der Waals surface area (Å²) in [6.45, 7) is 0. The minimum Gasteiger partial charge on any atom is -0.234 e. The first-order valence-electron chi connectivity index (χ1n) is 2.05. The normalized spacial score (nSPS) is 32.3. The first-order valence-corrected chi connectivity index (χ1v) is 2.81. The van der Waals surface area contributed by atoms with Crippen LogP contribution < -0.4 is 0 Å². The van der Waals surface area contributed by atoms with Crippen molar-refractivity contribution in [1.29, 1.82) is 0 Å². The van der Waals surface area contributed by atoms with Crippen LogP contribution in [0.2, 0.25) is 0 Å². The van der Waals surface area contributed by atoms with Gasteiger partial charge in [-0.3, -0.25) is 0 Å². The van der Waals surface area contributed by atoms with Crippen LogP contribution in [0.1, 0.15) is 0 Å². The molecule has 1 rings (SSSR count). The lowest BCUT2D eigenvalue weighted by atomic mass is 10.0. The van der Waals surface area contributed by atoms with Gasteiger partial charge in [0.25, 0.3) is 0 Å². The summed E-state index contributed by atoms with van der Waals surface area (Å²) in [5, 5.41) is -1.46. The molecule has 1 aliphatic carbocycles. The third-order valence-electron chi connectivity index (χ3n) is 1.04. The minimum atomic E-state index is -3.54. The van der Waals surface area contributed by atoms with Gasteiger partial charge < -0.3 is 0 Å². The molecule has 0 aliphatic heterocycles. The lowest BCUT2D eigenvalue weighted by Gasteiger charge is -2.29. The smallest absolute Gasteiger partial charge is 0.234 e. The summed E-state index contributed by atoms with van der Waals surface area (Å²) in [5.41, 5.74) is 0. The lowest BCUT2D eigenvalue weighted by molar-refractivity contribution is -0.0367. The largest absolute Gasteiger partial charge is 0.320 e. The standard InChI is InChI=1S/C4HCl2F3/c5-1-2(6)4(8,9)3(1)7/h3H. The summed E-state index contributed by atoms with van der Waals surface area (Å²) in [6.07, 6.45) is -2.40. The van der Waals surface area contributed by atoms with E-state index in [1.807, 2.05) is 0 Å². The van der Waals surface area contributed by atoms with Gasteiger partial charge in [0.05, 0.1) is 5.03 Å². The maximum Gasteiger partial charge on any atom is 0.320 e. The van der Waals surface area contributed by atoms with Crippen molar-refractivity contribution in [3.63, 3.8) is 0 Å². The molecule has 1 atom stereocenters. The number of alkyl halides is 3. The molecule has 0 saturated heterocycles. The maximum absolute atomic E-state index is 11.9. The highest BCUT2D eigenvalue weighted by Gasteiger charge is 2.56. The number of rotatable bonds is 0. The highest BCUT2D eigenvalue weighted by Crippen LogP contribution is 2.49. The van der Waals surface area contributed by atoms with Crippen LogP contribution >= 0.6 is 23.2 Å². The number of halogens is 5. The Morgan fingerprint density at radius 1 is 1.33 bits per heavy atom. The van der Waals surface area contributed by atoms with Crippen LogP contribution in [0.3, 0.4) is 0 Å². The fraction of sp³-hybridized carbons (Fsp3) is 0.500. The van der Waals surface area contributed by atoms with Crippen LogP contribution in [0, 0.1) is 0 Å². The summed E-state index contributed by atoms with van der Waals surface area (Å²) in [4.78, 5) is 0. The van der Waals surface area contributed by atoms with E-state index < -0.39 is 22.2 Å². The molecule has 0 aromatic carbocycles. The van der Waals surface area contributed by atoms with E-state index in [2.05, 4.69) is 0 Å². The molecule has 0 aromatic heterocycles. The van der Waals surface area contributed by atoms with Crippen molar-refractivity contribution in [3.05, 3.63) is 10.1 Å². The summed E-state index contributed by atoms with van der Waals surface area (Å²) < 4.78 is 35.8. The molecule has 0 saturated carbocycles. The van der Waals surface area contributed by atoms with E-state index in [-0.39, 0.29) is 0 Å². The van der Waals surface area contributed by atoms with Crippen molar-refractivity contribution in [2.24, 2.45) is 0 Å². The molecule has 9 heavy (non-hydrogen) atoms. The molecular weight excluding hydrogens is 176 g/mol. The van der Waals surface area contributed by atoms with Gasteiger partial charge in [-0.15, -0.1) is 0 Å². The Kier molecular flexibility index (Phi) is 1.44. The molecule has 0 N–H and O–H groups in total. The van der Waals surface area contributed by atoms with E-state index in [9.17, 15) is 13.2 Å². The second-order valence-electron chi connectivity index (χ2n) is 1.65. The highest BCUT2D eigenvalue weighted by molar-refractivity contribution is 6.42. The maximum atomic E-state index is 11.9. The Labute approximate surface area is 59.2 Å². The fourth-order valence-electron chi connectivity index (χ4n) is 0.463. The van der Waals surface area contributed by atoms with Crippen LogP contribution in [0.4, 0.5) is 13.2 Å². The van der Waals surface area contributed by atoms with E-state index in [0.717, 1.165) is 0 Å². The SMILES string of the molecule is FC1C(Cl)=C(Cl)C1(F)F. The quantitative estimate of drug-likeness (QED) is 0.533. The Bertz CT molecular complexity index is 175. The third-order valence-corrected chi connectivity index (χ3v) is 1.98. The van der Waals surface area contributed by atoms with Gasteiger partial charge in [-0.05, 0) is 0 Å². The van der Waals surface area contributed by atoms with E-state index >= 15 is 0 Å². The second-order valence-corrected chi connectivity index (χ2v) is 2.43. The molecular formula is C4HCl2F3. The van der Waals surface area contributed by atoms with Crippen LogP contribution in [0.15, 0.2) is 10.1 Å². The summed E-state index contributed by atoms with van der Waals surface area (Å²) >= 11 is 9.77. The van der Waals surface area contributed by atoms with Crippen LogP contribution in [-0.4, -0.2) is 12.1 Å². The van der Waals surface area contributed by atoms with Gasteiger partial charge in [0, 0.05) is 0 Å². The molecule has 0 spiro atoms. The van der Waals surface area contributed by atoms with Gasteiger partial charge in [-0.1, -0.05) is 23.2 Å². The second kappa shape index (κ2) is 1.80. The molecule has 52 valence electrons. The molecule has 5 heteroatoms. The monoisotopic (exact) mass is 176 g/mol. The average molecular weight is 177 g/mol. The number of hydrogen-bond donors (Lipinski definition) is 0. The molecule has 0 bridgehead atoms. The molecule has 0 fully saturated rings. The summed E-state index contributed by atoms with van der Waals surface area (Å²) in [5.74, 6) is -3.54. The van der Waals surface area contributed by atoms with E-state index in [4.69, 9.17) is 23.2 Å². The molecule has 0 heterocycles. The van der Waals surface area contributed by atoms with Gasteiger partial charge in [-0.25, -0.2) is 4.39 Å². The number of allylic oxidation sites excluding steroid dienone is 2. The zero-order valence-electron chi connectivity index (χ0n) is 3.97. The Balaban J connectivity index is 2.92. The molecule has 0 nitrogen and oxygen atoms in total. The van der Waals surface area contributed by atoms with Gasteiger partial charge in [0.15, 0.2) is 0 Å². The highest BCUT2D eigenvalue weighted by atomic mass is 35.5. The van der Waals surface area contributed by atoms with Crippen molar-refractivity contribution >= 4 is 23.2 Å². The van der Waals surface area contributed by atoms with Crippen molar-refractivity contribution in [3.8, 4) is 0 Å². The first-order chi connectivity index (χ1) is 3.98. The predicted molar refractivity (Wildman–Crippen MR) is 28.6 cm³/mol.